The Hall–Kier alpha value is -3.22. The number of aromatic nitrogens is 4. The van der Waals surface area contributed by atoms with E-state index in [4.69, 9.17) is 4.74 Å². The summed E-state index contributed by atoms with van der Waals surface area (Å²) in [5.41, 5.74) is 2.22. The monoisotopic (exact) mass is 378 g/mol. The number of ether oxygens (including phenoxy) is 1. The van der Waals surface area contributed by atoms with Crippen molar-refractivity contribution in [2.24, 2.45) is 0 Å². The largest absolute Gasteiger partial charge is 0.480 e. The summed E-state index contributed by atoms with van der Waals surface area (Å²) in [4.78, 5) is 0. The molecule has 7 heteroatoms. The smallest absolute Gasteiger partial charge is 0.233 e. The fourth-order valence-electron chi connectivity index (χ4n) is 2.80. The Morgan fingerprint density at radius 2 is 1.50 bits per heavy atom. The fraction of sp³-hybridized carbons (Fsp3) is 0.333. The molecule has 2 N–H and O–H groups in total. The first kappa shape index (κ1) is 19.5. The average Bonchev–Trinajstić information content (AvgIpc) is 2.77. The average molecular weight is 378 g/mol. The molecule has 0 saturated carbocycles. The molecule has 2 aromatic heterocycles. The molecular formula is C21H26N6O. The molecule has 0 bridgehead atoms. The minimum atomic E-state index is 0.525. The topological polar surface area (TPSA) is 84.9 Å². The Balaban J connectivity index is 1.29. The van der Waals surface area contributed by atoms with E-state index in [0.29, 0.717) is 5.88 Å². The third-order valence-electron chi connectivity index (χ3n) is 4.33. The van der Waals surface area contributed by atoms with Crippen LogP contribution >= 0.6 is 0 Å². The predicted molar refractivity (Wildman–Crippen MR) is 111 cm³/mol. The lowest BCUT2D eigenvalue weighted by Gasteiger charge is -2.07. The number of nitrogens with one attached hydrogen (secondary N) is 2. The Morgan fingerprint density at radius 3 is 2.18 bits per heavy atom. The summed E-state index contributed by atoms with van der Waals surface area (Å²) >= 11 is 0. The maximum absolute atomic E-state index is 4.99. The van der Waals surface area contributed by atoms with E-state index in [0.717, 1.165) is 61.5 Å². The van der Waals surface area contributed by atoms with Gasteiger partial charge in [-0.25, -0.2) is 0 Å². The molecular weight excluding hydrogens is 352 g/mol. The Morgan fingerprint density at radius 1 is 0.750 bits per heavy atom. The van der Waals surface area contributed by atoms with Crippen LogP contribution in [0.1, 0.15) is 25.7 Å². The van der Waals surface area contributed by atoms with E-state index in [1.165, 1.54) is 0 Å². The summed E-state index contributed by atoms with van der Waals surface area (Å²) in [6.07, 6.45) is 6.31. The summed E-state index contributed by atoms with van der Waals surface area (Å²) in [7, 11) is 1.58. The molecule has 0 aliphatic carbocycles. The third-order valence-corrected chi connectivity index (χ3v) is 4.33. The first-order chi connectivity index (χ1) is 13.8. The number of unbranched alkanes of at least 4 members (excludes halogenated alkanes) is 3. The first-order valence-electron chi connectivity index (χ1n) is 9.59. The molecule has 146 valence electrons. The van der Waals surface area contributed by atoms with Crippen molar-refractivity contribution in [1.82, 2.24) is 20.4 Å². The lowest BCUT2D eigenvalue weighted by molar-refractivity contribution is 0.392. The highest BCUT2D eigenvalue weighted by molar-refractivity contribution is 5.64. The zero-order valence-corrected chi connectivity index (χ0v) is 16.1. The number of nitrogens with zero attached hydrogens (tertiary/aromatic N) is 4. The van der Waals surface area contributed by atoms with Crippen LogP contribution in [0.3, 0.4) is 0 Å². The van der Waals surface area contributed by atoms with Crippen LogP contribution in [0.4, 0.5) is 11.6 Å². The molecule has 0 spiro atoms. The maximum atomic E-state index is 4.99. The molecule has 0 aliphatic heterocycles. The van der Waals surface area contributed by atoms with Gasteiger partial charge in [-0.1, -0.05) is 43.2 Å². The zero-order chi connectivity index (χ0) is 19.4. The van der Waals surface area contributed by atoms with Crippen molar-refractivity contribution in [1.29, 1.82) is 0 Å². The van der Waals surface area contributed by atoms with Crippen molar-refractivity contribution in [2.75, 3.05) is 30.8 Å². The third kappa shape index (κ3) is 6.19. The number of rotatable bonds is 11. The van der Waals surface area contributed by atoms with E-state index in [9.17, 15) is 0 Å². The van der Waals surface area contributed by atoms with Crippen molar-refractivity contribution in [3.63, 3.8) is 0 Å². The highest BCUT2D eigenvalue weighted by Crippen LogP contribution is 2.19. The standard InChI is InChI=1S/C21H26N6O/c1-28-21-12-11-19(26-27-21)22-13-7-2-3-8-14-23-20-15-18(16-24-25-20)17-9-5-4-6-10-17/h4-6,9-12,15-16H,2-3,7-8,13-14H2,1H3,(H,22,26)(H,23,25). The van der Waals surface area contributed by atoms with E-state index in [-0.39, 0.29) is 0 Å². The molecule has 7 nitrogen and oxygen atoms in total. The summed E-state index contributed by atoms with van der Waals surface area (Å²) in [5.74, 6) is 2.12. The summed E-state index contributed by atoms with van der Waals surface area (Å²) in [6.45, 7) is 1.78. The van der Waals surface area contributed by atoms with Crippen LogP contribution in [0.5, 0.6) is 5.88 Å². The second-order valence-corrected chi connectivity index (χ2v) is 6.42. The van der Waals surface area contributed by atoms with Crippen LogP contribution < -0.4 is 15.4 Å². The van der Waals surface area contributed by atoms with Gasteiger partial charge in [-0.2, -0.15) is 5.10 Å². The first-order valence-corrected chi connectivity index (χ1v) is 9.59. The molecule has 0 radical (unpaired) electrons. The van der Waals surface area contributed by atoms with Gasteiger partial charge in [-0.15, -0.1) is 15.3 Å². The van der Waals surface area contributed by atoms with Crippen LogP contribution in [0.2, 0.25) is 0 Å². The van der Waals surface area contributed by atoms with E-state index >= 15 is 0 Å². The van der Waals surface area contributed by atoms with Gasteiger partial charge in [0, 0.05) is 24.7 Å². The van der Waals surface area contributed by atoms with Crippen LogP contribution in [0.25, 0.3) is 11.1 Å². The molecule has 28 heavy (non-hydrogen) atoms. The van der Waals surface area contributed by atoms with E-state index in [1.54, 1.807) is 19.4 Å². The van der Waals surface area contributed by atoms with Crippen LogP contribution in [0.15, 0.2) is 54.7 Å². The molecule has 1 aromatic carbocycles. The highest BCUT2D eigenvalue weighted by Gasteiger charge is 2.01. The Kier molecular flexibility index (Phi) is 7.55. The molecule has 3 rings (SSSR count). The zero-order valence-electron chi connectivity index (χ0n) is 16.1. The molecule has 2 heterocycles. The number of hydrogen-bond donors (Lipinski definition) is 2. The lowest BCUT2D eigenvalue weighted by atomic mass is 10.1. The number of benzene rings is 1. The molecule has 0 atom stereocenters. The molecule has 0 aliphatic rings. The van der Waals surface area contributed by atoms with Gasteiger partial charge in [0.15, 0.2) is 0 Å². The quantitative estimate of drug-likeness (QED) is 0.487. The van der Waals surface area contributed by atoms with Gasteiger partial charge < -0.3 is 15.4 Å². The van der Waals surface area contributed by atoms with E-state index < -0.39 is 0 Å². The number of hydrogen-bond acceptors (Lipinski definition) is 7. The van der Waals surface area contributed by atoms with Gasteiger partial charge in [0.1, 0.15) is 11.6 Å². The van der Waals surface area contributed by atoms with Gasteiger partial charge >= 0.3 is 0 Å². The van der Waals surface area contributed by atoms with Gasteiger partial charge in [0.2, 0.25) is 5.88 Å². The van der Waals surface area contributed by atoms with Crippen molar-refractivity contribution < 1.29 is 4.74 Å². The normalized spacial score (nSPS) is 10.5. The van der Waals surface area contributed by atoms with Gasteiger partial charge in [0.05, 0.1) is 13.3 Å². The minimum absolute atomic E-state index is 0.525. The predicted octanol–water partition coefficient (Wildman–Crippen LogP) is 4.03. The summed E-state index contributed by atoms with van der Waals surface area (Å²) < 4.78 is 4.99. The fourth-order valence-corrected chi connectivity index (χ4v) is 2.80. The minimum Gasteiger partial charge on any atom is -0.480 e. The SMILES string of the molecule is COc1ccc(NCCCCCCNc2cc(-c3ccccc3)cnn2)nn1. The van der Waals surface area contributed by atoms with Gasteiger partial charge in [0.25, 0.3) is 0 Å². The molecule has 0 unspecified atom stereocenters. The van der Waals surface area contributed by atoms with E-state index in [2.05, 4.69) is 43.2 Å². The van der Waals surface area contributed by atoms with Crippen molar-refractivity contribution in [2.45, 2.75) is 25.7 Å². The molecule has 0 fully saturated rings. The van der Waals surface area contributed by atoms with E-state index in [1.807, 2.05) is 30.3 Å². The summed E-state index contributed by atoms with van der Waals surface area (Å²) in [6, 6.07) is 15.9. The second kappa shape index (κ2) is 10.8. The van der Waals surface area contributed by atoms with Gasteiger partial charge in [-0.05, 0) is 30.5 Å². The number of anilines is 2. The Bertz CT molecular complexity index is 826. The molecule has 0 amide bonds. The van der Waals surface area contributed by atoms with Crippen molar-refractivity contribution in [3.05, 3.63) is 54.7 Å². The van der Waals surface area contributed by atoms with Gasteiger partial charge in [-0.3, -0.25) is 0 Å². The van der Waals surface area contributed by atoms with Crippen LogP contribution in [-0.2, 0) is 0 Å². The lowest BCUT2D eigenvalue weighted by Crippen LogP contribution is -2.06. The Labute approximate surface area is 165 Å². The second-order valence-electron chi connectivity index (χ2n) is 6.42. The molecule has 0 saturated heterocycles. The van der Waals surface area contributed by atoms with Crippen LogP contribution in [-0.4, -0.2) is 40.6 Å². The van der Waals surface area contributed by atoms with Crippen LogP contribution in [0, 0.1) is 0 Å². The van der Waals surface area contributed by atoms with Crippen molar-refractivity contribution in [3.8, 4) is 17.0 Å². The highest BCUT2D eigenvalue weighted by atomic mass is 16.5. The number of methoxy groups -OCH3 is 1. The summed E-state index contributed by atoms with van der Waals surface area (Å²) in [5, 5.41) is 22.9. The molecule has 3 aromatic rings. The van der Waals surface area contributed by atoms with Crippen molar-refractivity contribution >= 4 is 11.6 Å². The maximum Gasteiger partial charge on any atom is 0.233 e.